The topological polar surface area (TPSA) is 84.0 Å². The van der Waals surface area contributed by atoms with Gasteiger partial charge in [-0.1, -0.05) is 24.3 Å². The number of aryl methyl sites for hydroxylation is 1. The van der Waals surface area contributed by atoms with E-state index < -0.39 is 6.10 Å². The lowest BCUT2D eigenvalue weighted by Crippen LogP contribution is -2.24. The van der Waals surface area contributed by atoms with Gasteiger partial charge in [-0.15, -0.1) is 5.10 Å². The molecule has 0 fully saturated rings. The van der Waals surface area contributed by atoms with Crippen LogP contribution in [-0.2, 0) is 17.7 Å². The van der Waals surface area contributed by atoms with E-state index in [2.05, 4.69) is 22.2 Å². The maximum absolute atomic E-state index is 10.1. The molecule has 22 heavy (non-hydrogen) atoms. The number of rotatable bonds is 5. The maximum Gasteiger partial charge on any atom is 0.252 e. The maximum atomic E-state index is 10.1. The SMILES string of the molecule is N#Cc1ncn(C[C@@H](O)CO[C@H]2CCCc3ccccc32)n1. The van der Waals surface area contributed by atoms with Gasteiger partial charge in [-0.2, -0.15) is 5.26 Å². The number of aliphatic hydroxyl groups excluding tert-OH is 1. The Kier molecular flexibility index (Phi) is 4.47. The average molecular weight is 298 g/mol. The smallest absolute Gasteiger partial charge is 0.252 e. The molecule has 0 bridgehead atoms. The number of hydrogen-bond donors (Lipinski definition) is 1. The van der Waals surface area contributed by atoms with Crippen LogP contribution in [0.4, 0.5) is 0 Å². The fraction of sp³-hybridized carbons (Fsp3) is 0.438. The standard InChI is InChI=1S/C16H18N4O2/c17-8-16-18-11-20(19-16)9-13(21)10-22-15-7-3-5-12-4-1-2-6-14(12)15/h1-2,4,6,11,13,15,21H,3,5,7,9-10H2/t13-,15+/m1/s1. The van der Waals surface area contributed by atoms with Gasteiger partial charge in [0.05, 0.1) is 25.4 Å². The lowest BCUT2D eigenvalue weighted by molar-refractivity contribution is -0.0236. The number of aliphatic hydroxyl groups is 1. The first-order valence-corrected chi connectivity index (χ1v) is 7.43. The molecular formula is C16H18N4O2. The largest absolute Gasteiger partial charge is 0.389 e. The van der Waals surface area contributed by atoms with Gasteiger partial charge >= 0.3 is 0 Å². The number of ether oxygens (including phenoxy) is 1. The first kappa shape index (κ1) is 14.7. The Balaban J connectivity index is 1.55. The van der Waals surface area contributed by atoms with E-state index >= 15 is 0 Å². The van der Waals surface area contributed by atoms with E-state index in [1.807, 2.05) is 18.2 Å². The monoisotopic (exact) mass is 298 g/mol. The Morgan fingerprint density at radius 2 is 2.32 bits per heavy atom. The number of aromatic nitrogens is 3. The normalized spacial score (nSPS) is 18.5. The predicted octanol–water partition coefficient (Wildman–Crippen LogP) is 1.60. The van der Waals surface area contributed by atoms with Crippen molar-refractivity contribution in [3.05, 3.63) is 47.5 Å². The van der Waals surface area contributed by atoms with Crippen LogP contribution >= 0.6 is 0 Å². The van der Waals surface area contributed by atoms with Gasteiger partial charge in [0.25, 0.3) is 5.82 Å². The molecule has 1 aliphatic rings. The van der Waals surface area contributed by atoms with E-state index in [9.17, 15) is 5.11 Å². The van der Waals surface area contributed by atoms with Gasteiger partial charge in [-0.25, -0.2) is 9.67 Å². The highest BCUT2D eigenvalue weighted by Gasteiger charge is 2.21. The van der Waals surface area contributed by atoms with E-state index in [0.29, 0.717) is 0 Å². The summed E-state index contributed by atoms with van der Waals surface area (Å²) in [6.07, 6.45) is 3.98. The highest BCUT2D eigenvalue weighted by Crippen LogP contribution is 2.32. The molecule has 0 radical (unpaired) electrons. The molecule has 6 heteroatoms. The average Bonchev–Trinajstić information content (AvgIpc) is 3.00. The Morgan fingerprint density at radius 1 is 1.45 bits per heavy atom. The number of nitrogens with zero attached hydrogens (tertiary/aromatic N) is 4. The van der Waals surface area contributed by atoms with Crippen LogP contribution in [0.1, 0.15) is 35.9 Å². The fourth-order valence-electron chi connectivity index (χ4n) is 2.81. The zero-order valence-electron chi connectivity index (χ0n) is 12.2. The summed E-state index contributed by atoms with van der Waals surface area (Å²) in [6, 6.07) is 10.2. The molecule has 1 N–H and O–H groups in total. The minimum Gasteiger partial charge on any atom is -0.389 e. The Morgan fingerprint density at radius 3 is 3.14 bits per heavy atom. The van der Waals surface area contributed by atoms with E-state index in [4.69, 9.17) is 10.00 Å². The van der Waals surface area contributed by atoms with Crippen molar-refractivity contribution in [2.75, 3.05) is 6.61 Å². The molecule has 0 unspecified atom stereocenters. The molecule has 2 aromatic rings. The minimum absolute atomic E-state index is 0.0463. The summed E-state index contributed by atoms with van der Waals surface area (Å²) in [7, 11) is 0. The summed E-state index contributed by atoms with van der Waals surface area (Å²) in [6.45, 7) is 0.504. The third kappa shape index (κ3) is 3.32. The summed E-state index contributed by atoms with van der Waals surface area (Å²) in [5.41, 5.74) is 2.57. The van der Waals surface area contributed by atoms with Crippen molar-refractivity contribution < 1.29 is 9.84 Å². The van der Waals surface area contributed by atoms with Crippen LogP contribution < -0.4 is 0 Å². The van der Waals surface area contributed by atoms with Crippen molar-refractivity contribution in [1.82, 2.24) is 14.8 Å². The van der Waals surface area contributed by atoms with Crippen LogP contribution in [0.25, 0.3) is 0 Å². The van der Waals surface area contributed by atoms with Gasteiger partial charge in [-0.3, -0.25) is 0 Å². The molecular weight excluding hydrogens is 280 g/mol. The van der Waals surface area contributed by atoms with Crippen LogP contribution in [0.2, 0.25) is 0 Å². The lowest BCUT2D eigenvalue weighted by Gasteiger charge is -2.26. The molecule has 114 valence electrons. The van der Waals surface area contributed by atoms with E-state index in [0.717, 1.165) is 19.3 Å². The molecule has 0 aliphatic heterocycles. The van der Waals surface area contributed by atoms with Crippen LogP contribution in [-0.4, -0.2) is 32.6 Å². The van der Waals surface area contributed by atoms with Crippen molar-refractivity contribution in [1.29, 1.82) is 5.26 Å². The second-order valence-electron chi connectivity index (χ2n) is 5.47. The molecule has 3 rings (SSSR count). The summed E-state index contributed by atoms with van der Waals surface area (Å²) in [5, 5.41) is 22.7. The third-order valence-corrected chi connectivity index (χ3v) is 3.84. The number of nitriles is 1. The van der Waals surface area contributed by atoms with Gasteiger partial charge in [0.2, 0.25) is 0 Å². The van der Waals surface area contributed by atoms with Crippen LogP contribution in [0.3, 0.4) is 0 Å². The van der Waals surface area contributed by atoms with Gasteiger partial charge in [0.1, 0.15) is 12.4 Å². The van der Waals surface area contributed by atoms with Gasteiger partial charge in [0.15, 0.2) is 0 Å². The van der Waals surface area contributed by atoms with Gasteiger partial charge in [0, 0.05) is 0 Å². The van der Waals surface area contributed by atoms with Crippen LogP contribution in [0, 0.1) is 11.3 Å². The molecule has 1 aliphatic carbocycles. The predicted molar refractivity (Wildman–Crippen MR) is 78.8 cm³/mol. The second kappa shape index (κ2) is 6.69. The lowest BCUT2D eigenvalue weighted by atomic mass is 9.89. The molecule has 1 aromatic heterocycles. The molecule has 0 saturated heterocycles. The molecule has 6 nitrogen and oxygen atoms in total. The minimum atomic E-state index is -0.678. The highest BCUT2D eigenvalue weighted by atomic mass is 16.5. The molecule has 2 atom stereocenters. The van der Waals surface area contributed by atoms with Crippen molar-refractivity contribution in [2.45, 2.75) is 38.0 Å². The Bertz CT molecular complexity index is 677. The highest BCUT2D eigenvalue weighted by molar-refractivity contribution is 5.31. The fourth-order valence-corrected chi connectivity index (χ4v) is 2.81. The Hall–Kier alpha value is -2.23. The van der Waals surface area contributed by atoms with Crippen molar-refractivity contribution in [3.8, 4) is 6.07 Å². The summed E-state index contributed by atoms with van der Waals surface area (Å²) >= 11 is 0. The summed E-state index contributed by atoms with van der Waals surface area (Å²) in [5.74, 6) is 0.106. The molecule has 1 heterocycles. The number of fused-ring (bicyclic) bond motifs is 1. The van der Waals surface area contributed by atoms with Gasteiger partial charge in [-0.05, 0) is 30.4 Å². The molecule has 0 amide bonds. The summed E-state index contributed by atoms with van der Waals surface area (Å²) < 4.78 is 7.36. The van der Waals surface area contributed by atoms with Crippen molar-refractivity contribution in [2.24, 2.45) is 0 Å². The quantitative estimate of drug-likeness (QED) is 0.906. The van der Waals surface area contributed by atoms with E-state index in [1.54, 1.807) is 0 Å². The zero-order chi connectivity index (χ0) is 15.4. The molecule has 1 aromatic carbocycles. The van der Waals surface area contributed by atoms with Gasteiger partial charge < -0.3 is 9.84 Å². The molecule has 0 saturated carbocycles. The van der Waals surface area contributed by atoms with E-state index in [-0.39, 0.29) is 25.1 Å². The van der Waals surface area contributed by atoms with Crippen LogP contribution in [0.5, 0.6) is 0 Å². The number of hydrogen-bond acceptors (Lipinski definition) is 5. The first-order valence-electron chi connectivity index (χ1n) is 7.43. The first-order chi connectivity index (χ1) is 10.8. The molecule has 0 spiro atoms. The second-order valence-corrected chi connectivity index (χ2v) is 5.47. The van der Waals surface area contributed by atoms with Crippen LogP contribution in [0.15, 0.2) is 30.6 Å². The third-order valence-electron chi connectivity index (χ3n) is 3.84. The summed E-state index contributed by atoms with van der Waals surface area (Å²) in [4.78, 5) is 3.81. The zero-order valence-corrected chi connectivity index (χ0v) is 12.2. The number of benzene rings is 1. The van der Waals surface area contributed by atoms with E-state index in [1.165, 1.54) is 22.1 Å². The Labute approximate surface area is 129 Å². The van der Waals surface area contributed by atoms with Crippen molar-refractivity contribution >= 4 is 0 Å². The van der Waals surface area contributed by atoms with Crippen molar-refractivity contribution in [3.63, 3.8) is 0 Å².